The quantitative estimate of drug-likeness (QED) is 0.712. The molecule has 3 N–H and O–H groups in total. The van der Waals surface area contributed by atoms with E-state index in [0.29, 0.717) is 22.6 Å². The van der Waals surface area contributed by atoms with Crippen LogP contribution in [-0.4, -0.2) is 45.9 Å². The summed E-state index contributed by atoms with van der Waals surface area (Å²) in [6.45, 7) is 1.91. The van der Waals surface area contributed by atoms with E-state index in [4.69, 9.17) is 11.6 Å². The molecular formula is C20H23ClN4O3. The summed E-state index contributed by atoms with van der Waals surface area (Å²) < 4.78 is 1.57. The number of carbonyl (C=O) groups excluding carboxylic acids is 2. The smallest absolute Gasteiger partial charge is 0.271 e. The number of nitrogens with zero attached hydrogens (tertiary/aromatic N) is 2. The van der Waals surface area contributed by atoms with Crippen molar-refractivity contribution >= 4 is 23.4 Å². The molecule has 0 bridgehead atoms. The van der Waals surface area contributed by atoms with E-state index in [-0.39, 0.29) is 35.7 Å². The Kier molecular flexibility index (Phi) is 4.89. The standard InChI is InChI=1S/C20H23ClN4O3/c1-10(11-4-3-5-12(21)6-11)25-17(9-16(24-25)19(27)22-2)20(28)23-18-14-7-13(26)8-15(14)18/h3-6,9-10,13-15,18,26H,7-8H2,1-2H3,(H,22,27)(H,23,28)/t10-,13?,14-,15+,18?/m0/s1. The van der Waals surface area contributed by atoms with Crippen LogP contribution in [0.15, 0.2) is 30.3 Å². The molecule has 1 heterocycles. The number of hydrogen-bond donors (Lipinski definition) is 3. The lowest BCUT2D eigenvalue weighted by Gasteiger charge is -2.17. The maximum atomic E-state index is 13.0. The van der Waals surface area contributed by atoms with Crippen LogP contribution in [0.25, 0.3) is 0 Å². The van der Waals surface area contributed by atoms with Crippen molar-refractivity contribution in [2.75, 3.05) is 7.05 Å². The van der Waals surface area contributed by atoms with Crippen LogP contribution in [0.3, 0.4) is 0 Å². The van der Waals surface area contributed by atoms with Crippen LogP contribution in [-0.2, 0) is 0 Å². The van der Waals surface area contributed by atoms with Gasteiger partial charge in [0.2, 0.25) is 0 Å². The van der Waals surface area contributed by atoms with E-state index in [1.807, 2.05) is 25.1 Å². The molecule has 2 aliphatic rings. The van der Waals surface area contributed by atoms with E-state index in [9.17, 15) is 14.7 Å². The summed E-state index contributed by atoms with van der Waals surface area (Å²) >= 11 is 6.11. The van der Waals surface area contributed by atoms with E-state index in [1.165, 1.54) is 13.1 Å². The van der Waals surface area contributed by atoms with Crippen LogP contribution >= 0.6 is 11.6 Å². The zero-order valence-corrected chi connectivity index (χ0v) is 16.5. The van der Waals surface area contributed by atoms with Crippen LogP contribution in [0.4, 0.5) is 0 Å². The van der Waals surface area contributed by atoms with Crippen molar-refractivity contribution in [3.05, 3.63) is 52.3 Å². The van der Waals surface area contributed by atoms with Crippen LogP contribution < -0.4 is 10.6 Å². The first kappa shape index (κ1) is 19.0. The van der Waals surface area contributed by atoms with Gasteiger partial charge in [-0.25, -0.2) is 0 Å². The number of amides is 2. The number of nitrogens with one attached hydrogen (secondary N) is 2. The minimum atomic E-state index is -0.350. The minimum Gasteiger partial charge on any atom is -0.393 e. The highest BCUT2D eigenvalue weighted by molar-refractivity contribution is 6.30. The molecule has 28 heavy (non-hydrogen) atoms. The van der Waals surface area contributed by atoms with E-state index in [1.54, 1.807) is 10.7 Å². The minimum absolute atomic E-state index is 0.0872. The number of halogens is 1. The van der Waals surface area contributed by atoms with Gasteiger partial charge in [-0.1, -0.05) is 23.7 Å². The lowest BCUT2D eigenvalue weighted by atomic mass is 10.1. The van der Waals surface area contributed by atoms with Gasteiger partial charge in [-0.05, 0) is 49.3 Å². The lowest BCUT2D eigenvalue weighted by Crippen LogP contribution is -2.32. The SMILES string of the molecule is CNC(=O)c1cc(C(=O)NC2[C@H]3CC(O)C[C@@H]23)n([C@@H](C)c2cccc(Cl)c2)n1. The van der Waals surface area contributed by atoms with E-state index >= 15 is 0 Å². The summed E-state index contributed by atoms with van der Waals surface area (Å²) in [5.41, 5.74) is 1.41. The topological polar surface area (TPSA) is 96.3 Å². The van der Waals surface area contributed by atoms with Crippen molar-refractivity contribution < 1.29 is 14.7 Å². The molecule has 2 aromatic rings. The summed E-state index contributed by atoms with van der Waals surface area (Å²) in [6, 6.07) is 8.68. The zero-order valence-electron chi connectivity index (χ0n) is 15.7. The van der Waals surface area contributed by atoms with Gasteiger partial charge in [-0.15, -0.1) is 0 Å². The fourth-order valence-corrected chi connectivity index (χ4v) is 4.46. The Hall–Kier alpha value is -2.38. The highest BCUT2D eigenvalue weighted by Crippen LogP contribution is 2.52. The number of hydrogen-bond acceptors (Lipinski definition) is 4. The van der Waals surface area contributed by atoms with Crippen LogP contribution in [0.2, 0.25) is 5.02 Å². The van der Waals surface area contributed by atoms with Gasteiger partial charge in [0.1, 0.15) is 5.69 Å². The summed E-state index contributed by atoms with van der Waals surface area (Å²) in [4.78, 5) is 25.0. The molecule has 0 aliphatic heterocycles. The number of carbonyl (C=O) groups is 2. The fraction of sp³-hybridized carbons (Fsp3) is 0.450. The Balaban J connectivity index is 1.61. The number of fused-ring (bicyclic) bond motifs is 1. The summed E-state index contributed by atoms with van der Waals surface area (Å²) in [5.74, 6) is 0.0844. The third-order valence-corrected chi connectivity index (χ3v) is 6.08. The third kappa shape index (κ3) is 3.40. The molecule has 7 nitrogen and oxygen atoms in total. The largest absolute Gasteiger partial charge is 0.393 e. The van der Waals surface area contributed by atoms with E-state index in [0.717, 1.165) is 18.4 Å². The molecule has 0 saturated heterocycles. The summed E-state index contributed by atoms with van der Waals surface area (Å²) in [6.07, 6.45) is 1.21. The molecule has 2 saturated carbocycles. The maximum Gasteiger partial charge on any atom is 0.271 e. The number of aromatic nitrogens is 2. The van der Waals surface area contributed by atoms with E-state index < -0.39 is 0 Å². The van der Waals surface area contributed by atoms with Gasteiger partial charge in [0.15, 0.2) is 5.69 Å². The summed E-state index contributed by atoms with van der Waals surface area (Å²) in [5, 5.41) is 20.2. The maximum absolute atomic E-state index is 13.0. The molecule has 4 rings (SSSR count). The lowest BCUT2D eigenvalue weighted by molar-refractivity contribution is 0.0923. The third-order valence-electron chi connectivity index (χ3n) is 5.84. The second-order valence-corrected chi connectivity index (χ2v) is 8.06. The molecule has 5 atom stereocenters. The molecule has 148 valence electrons. The van der Waals surface area contributed by atoms with Gasteiger partial charge in [0.05, 0.1) is 12.1 Å². The van der Waals surface area contributed by atoms with Gasteiger partial charge in [0, 0.05) is 24.2 Å². The van der Waals surface area contributed by atoms with Crippen molar-refractivity contribution in [2.45, 2.75) is 38.0 Å². The van der Waals surface area contributed by atoms with Gasteiger partial charge in [-0.3, -0.25) is 14.3 Å². The zero-order chi connectivity index (χ0) is 20.0. The van der Waals surface area contributed by atoms with Gasteiger partial charge in [-0.2, -0.15) is 5.10 Å². The number of benzene rings is 1. The van der Waals surface area contributed by atoms with Crippen molar-refractivity contribution in [1.29, 1.82) is 0 Å². The molecule has 8 heteroatoms. The molecule has 2 aliphatic carbocycles. The monoisotopic (exact) mass is 402 g/mol. The number of aliphatic hydroxyl groups is 1. The summed E-state index contributed by atoms with van der Waals surface area (Å²) in [7, 11) is 1.53. The van der Waals surface area contributed by atoms with E-state index in [2.05, 4.69) is 15.7 Å². The fourth-order valence-electron chi connectivity index (χ4n) is 4.26. The van der Waals surface area contributed by atoms with Crippen LogP contribution in [0.1, 0.15) is 52.3 Å². The van der Waals surface area contributed by atoms with Crippen molar-refractivity contribution in [2.24, 2.45) is 11.8 Å². The van der Waals surface area contributed by atoms with Gasteiger partial charge >= 0.3 is 0 Å². The normalized spacial score (nSPS) is 26.4. The Morgan fingerprint density at radius 2 is 1.96 bits per heavy atom. The van der Waals surface area contributed by atoms with Gasteiger partial charge in [0.25, 0.3) is 11.8 Å². The molecule has 0 spiro atoms. The van der Waals surface area contributed by atoms with Crippen LogP contribution in [0, 0.1) is 11.8 Å². The predicted molar refractivity (Wildman–Crippen MR) is 104 cm³/mol. The predicted octanol–water partition coefficient (Wildman–Crippen LogP) is 2.00. The molecule has 2 fully saturated rings. The van der Waals surface area contributed by atoms with Crippen molar-refractivity contribution in [1.82, 2.24) is 20.4 Å². The Bertz CT molecular complexity index is 916. The first-order chi connectivity index (χ1) is 13.4. The highest BCUT2D eigenvalue weighted by Gasteiger charge is 2.56. The van der Waals surface area contributed by atoms with Gasteiger partial charge < -0.3 is 15.7 Å². The molecule has 0 radical (unpaired) electrons. The Morgan fingerprint density at radius 1 is 1.25 bits per heavy atom. The second-order valence-electron chi connectivity index (χ2n) is 7.62. The average molecular weight is 403 g/mol. The molecule has 1 aromatic carbocycles. The van der Waals surface area contributed by atoms with Crippen LogP contribution in [0.5, 0.6) is 0 Å². The number of rotatable bonds is 5. The Labute approximate surface area is 168 Å². The average Bonchev–Trinajstić information content (AvgIpc) is 3.06. The molecule has 2 unspecified atom stereocenters. The molecule has 1 aromatic heterocycles. The molecular weight excluding hydrogens is 380 g/mol. The first-order valence-corrected chi connectivity index (χ1v) is 9.83. The first-order valence-electron chi connectivity index (χ1n) is 9.45. The second kappa shape index (κ2) is 7.22. The van der Waals surface area contributed by atoms with Crippen molar-refractivity contribution in [3.8, 4) is 0 Å². The molecule has 2 amide bonds. The Morgan fingerprint density at radius 3 is 2.61 bits per heavy atom. The van der Waals surface area contributed by atoms with Crippen molar-refractivity contribution in [3.63, 3.8) is 0 Å². The highest BCUT2D eigenvalue weighted by atomic mass is 35.5. The number of aliphatic hydroxyl groups excluding tert-OH is 1.